The van der Waals surface area contributed by atoms with Crippen LogP contribution in [0.2, 0.25) is 0 Å². The molecule has 0 atom stereocenters. The van der Waals surface area contributed by atoms with Gasteiger partial charge in [0.1, 0.15) is 0 Å². The van der Waals surface area contributed by atoms with Gasteiger partial charge in [-0.05, 0) is 48.4 Å². The van der Waals surface area contributed by atoms with Gasteiger partial charge >= 0.3 is 5.97 Å². The number of aromatic carboxylic acids is 1. The quantitative estimate of drug-likeness (QED) is 0.726. The van der Waals surface area contributed by atoms with E-state index >= 15 is 0 Å². The fraction of sp³-hybridized carbons (Fsp3) is 0.350. The Morgan fingerprint density at radius 1 is 1.22 bits per heavy atom. The lowest BCUT2D eigenvalue weighted by Crippen LogP contribution is -2.39. The molecule has 7 nitrogen and oxygen atoms in total. The predicted molar refractivity (Wildman–Crippen MR) is 101 cm³/mol. The molecular formula is C20H22N4O3. The van der Waals surface area contributed by atoms with Crippen molar-refractivity contribution in [1.82, 2.24) is 19.7 Å². The molecule has 1 aliphatic heterocycles. The zero-order valence-corrected chi connectivity index (χ0v) is 15.0. The summed E-state index contributed by atoms with van der Waals surface area (Å²) in [7, 11) is 0. The van der Waals surface area contributed by atoms with Crippen molar-refractivity contribution in [1.29, 1.82) is 0 Å². The maximum Gasteiger partial charge on any atom is 0.338 e. The van der Waals surface area contributed by atoms with Crippen LogP contribution < -0.4 is 0 Å². The summed E-state index contributed by atoms with van der Waals surface area (Å²) in [5, 5.41) is 14.3. The molecule has 0 radical (unpaired) electrons. The first-order valence-corrected chi connectivity index (χ1v) is 9.21. The molecule has 1 aromatic carbocycles. The number of rotatable bonds is 5. The van der Waals surface area contributed by atoms with Gasteiger partial charge in [-0.25, -0.2) is 4.79 Å². The van der Waals surface area contributed by atoms with E-state index in [4.69, 9.17) is 5.11 Å². The zero-order valence-electron chi connectivity index (χ0n) is 15.0. The summed E-state index contributed by atoms with van der Waals surface area (Å²) in [6.07, 6.45) is 7.70. The highest BCUT2D eigenvalue weighted by Crippen LogP contribution is 2.23. The minimum atomic E-state index is -0.966. The van der Waals surface area contributed by atoms with Gasteiger partial charge in [-0.15, -0.1) is 0 Å². The molecule has 2 aromatic heterocycles. The van der Waals surface area contributed by atoms with E-state index in [1.807, 2.05) is 17.2 Å². The molecule has 1 aliphatic rings. The van der Waals surface area contributed by atoms with Crippen molar-refractivity contribution >= 4 is 22.8 Å². The number of carboxylic acid groups (broad SMARTS) is 1. The monoisotopic (exact) mass is 366 g/mol. The van der Waals surface area contributed by atoms with Gasteiger partial charge in [0.05, 0.1) is 17.8 Å². The minimum absolute atomic E-state index is 0.151. The standard InChI is InChI=1S/C20H22N4O3/c25-19(4-2-14-1-3-18-15(11-14)5-8-21-18)23-9-6-17(7-10-23)24-13-16(12-22-24)20(26)27/h1,3,5,8,11-13,17,21H,2,4,6-7,9-10H2,(H,26,27). The van der Waals surface area contributed by atoms with Gasteiger partial charge in [0.2, 0.25) is 5.91 Å². The lowest BCUT2D eigenvalue weighted by Gasteiger charge is -2.32. The Kier molecular flexibility index (Phi) is 4.66. The number of benzene rings is 1. The molecule has 0 saturated carbocycles. The summed E-state index contributed by atoms with van der Waals surface area (Å²) in [4.78, 5) is 28.6. The van der Waals surface area contributed by atoms with Gasteiger partial charge < -0.3 is 15.0 Å². The van der Waals surface area contributed by atoms with E-state index in [1.54, 1.807) is 10.9 Å². The summed E-state index contributed by atoms with van der Waals surface area (Å²) >= 11 is 0. The first-order valence-electron chi connectivity index (χ1n) is 9.21. The number of amides is 1. The second-order valence-corrected chi connectivity index (χ2v) is 7.03. The molecule has 1 saturated heterocycles. The number of aromatic amines is 1. The summed E-state index contributed by atoms with van der Waals surface area (Å²) < 4.78 is 1.72. The smallest absolute Gasteiger partial charge is 0.338 e. The molecule has 0 spiro atoms. The lowest BCUT2D eigenvalue weighted by molar-refractivity contribution is -0.132. The summed E-state index contributed by atoms with van der Waals surface area (Å²) in [5.41, 5.74) is 2.48. The van der Waals surface area contributed by atoms with E-state index in [2.05, 4.69) is 28.3 Å². The van der Waals surface area contributed by atoms with Crippen molar-refractivity contribution < 1.29 is 14.7 Å². The number of nitrogens with one attached hydrogen (secondary N) is 1. The van der Waals surface area contributed by atoms with E-state index in [0.717, 1.165) is 24.8 Å². The first-order chi connectivity index (χ1) is 13.1. The first kappa shape index (κ1) is 17.3. The van der Waals surface area contributed by atoms with Crippen LogP contribution >= 0.6 is 0 Å². The van der Waals surface area contributed by atoms with Gasteiger partial charge in [-0.2, -0.15) is 5.10 Å². The van der Waals surface area contributed by atoms with E-state index < -0.39 is 5.97 Å². The number of H-pyrrole nitrogens is 1. The Hall–Kier alpha value is -3.09. The van der Waals surface area contributed by atoms with E-state index in [-0.39, 0.29) is 17.5 Å². The second-order valence-electron chi connectivity index (χ2n) is 7.03. The Morgan fingerprint density at radius 3 is 2.78 bits per heavy atom. The molecule has 0 unspecified atom stereocenters. The van der Waals surface area contributed by atoms with Crippen molar-refractivity contribution in [2.75, 3.05) is 13.1 Å². The van der Waals surface area contributed by atoms with Gasteiger partial charge in [0.25, 0.3) is 0 Å². The number of aryl methyl sites for hydroxylation is 1. The minimum Gasteiger partial charge on any atom is -0.478 e. The fourth-order valence-corrected chi connectivity index (χ4v) is 3.70. The van der Waals surface area contributed by atoms with Gasteiger partial charge in [-0.1, -0.05) is 6.07 Å². The number of fused-ring (bicyclic) bond motifs is 1. The molecule has 1 amide bonds. The Morgan fingerprint density at radius 2 is 2.04 bits per heavy atom. The number of nitrogens with zero attached hydrogens (tertiary/aromatic N) is 3. The van der Waals surface area contributed by atoms with Crippen molar-refractivity contribution in [3.8, 4) is 0 Å². The number of likely N-dealkylation sites (tertiary alicyclic amines) is 1. The fourth-order valence-electron chi connectivity index (χ4n) is 3.70. The number of piperidine rings is 1. The Bertz CT molecular complexity index is 966. The molecule has 27 heavy (non-hydrogen) atoms. The van der Waals surface area contributed by atoms with Gasteiger partial charge in [0, 0.05) is 37.4 Å². The number of carboxylic acids is 1. The lowest BCUT2D eigenvalue weighted by atomic mass is 10.0. The van der Waals surface area contributed by atoms with E-state index in [9.17, 15) is 9.59 Å². The van der Waals surface area contributed by atoms with E-state index in [1.165, 1.54) is 17.1 Å². The molecule has 7 heteroatoms. The maximum absolute atomic E-state index is 12.5. The van der Waals surface area contributed by atoms with Crippen LogP contribution in [0.5, 0.6) is 0 Å². The molecular weight excluding hydrogens is 344 g/mol. The molecule has 0 bridgehead atoms. The number of carbonyl (C=O) groups is 2. The van der Waals surface area contributed by atoms with Gasteiger partial charge in [0.15, 0.2) is 0 Å². The highest BCUT2D eigenvalue weighted by Gasteiger charge is 2.24. The number of carbonyl (C=O) groups excluding carboxylic acids is 1. The summed E-state index contributed by atoms with van der Waals surface area (Å²) in [6.45, 7) is 1.37. The van der Waals surface area contributed by atoms with Crippen LogP contribution in [0.4, 0.5) is 0 Å². The van der Waals surface area contributed by atoms with Crippen molar-refractivity contribution in [3.05, 3.63) is 54.0 Å². The predicted octanol–water partition coefficient (Wildman–Crippen LogP) is 2.86. The highest BCUT2D eigenvalue weighted by molar-refractivity contribution is 5.86. The molecule has 4 rings (SSSR count). The topological polar surface area (TPSA) is 91.2 Å². The largest absolute Gasteiger partial charge is 0.478 e. The highest BCUT2D eigenvalue weighted by atomic mass is 16.4. The van der Waals surface area contributed by atoms with Crippen molar-refractivity contribution in [3.63, 3.8) is 0 Å². The number of hydrogen-bond donors (Lipinski definition) is 2. The molecule has 0 aliphatic carbocycles. The van der Waals surface area contributed by atoms with Crippen LogP contribution in [0.1, 0.15) is 41.2 Å². The van der Waals surface area contributed by atoms with Crippen molar-refractivity contribution in [2.45, 2.75) is 31.7 Å². The van der Waals surface area contributed by atoms with Gasteiger partial charge in [-0.3, -0.25) is 9.48 Å². The molecule has 140 valence electrons. The van der Waals surface area contributed by atoms with Crippen LogP contribution in [-0.4, -0.2) is 49.7 Å². The van der Waals surface area contributed by atoms with E-state index in [0.29, 0.717) is 19.5 Å². The molecule has 2 N–H and O–H groups in total. The average molecular weight is 366 g/mol. The maximum atomic E-state index is 12.5. The summed E-state index contributed by atoms with van der Waals surface area (Å²) in [6, 6.07) is 8.43. The molecule has 3 aromatic rings. The number of hydrogen-bond acceptors (Lipinski definition) is 3. The Balaban J connectivity index is 1.29. The molecule has 3 heterocycles. The zero-order chi connectivity index (χ0) is 18.8. The number of aromatic nitrogens is 3. The van der Waals surface area contributed by atoms with Crippen LogP contribution in [0.3, 0.4) is 0 Å². The Labute approximate surface area is 156 Å². The van der Waals surface area contributed by atoms with Crippen LogP contribution in [0.25, 0.3) is 10.9 Å². The summed E-state index contributed by atoms with van der Waals surface area (Å²) in [5.74, 6) is -0.791. The third-order valence-electron chi connectivity index (χ3n) is 5.29. The van der Waals surface area contributed by atoms with Crippen LogP contribution in [-0.2, 0) is 11.2 Å². The average Bonchev–Trinajstić information content (AvgIpc) is 3.35. The van der Waals surface area contributed by atoms with Crippen molar-refractivity contribution in [2.24, 2.45) is 0 Å². The van der Waals surface area contributed by atoms with Crippen LogP contribution in [0.15, 0.2) is 42.9 Å². The second kappa shape index (κ2) is 7.26. The molecule has 1 fully saturated rings. The normalized spacial score (nSPS) is 15.3. The SMILES string of the molecule is O=C(O)c1cnn(C2CCN(C(=O)CCc3ccc4[nH]ccc4c3)CC2)c1. The van der Waals surface area contributed by atoms with Crippen LogP contribution in [0, 0.1) is 0 Å². The third-order valence-corrected chi connectivity index (χ3v) is 5.29. The third kappa shape index (κ3) is 3.72.